The van der Waals surface area contributed by atoms with Gasteiger partial charge in [0.25, 0.3) is 0 Å². The van der Waals surface area contributed by atoms with Crippen molar-refractivity contribution in [1.29, 1.82) is 0 Å². The molecule has 0 bridgehead atoms. The molecule has 2 unspecified atom stereocenters. The molecule has 3 nitrogen and oxygen atoms in total. The van der Waals surface area contributed by atoms with Gasteiger partial charge in [-0.25, -0.2) is 0 Å². The summed E-state index contributed by atoms with van der Waals surface area (Å²) in [5.41, 5.74) is 0. The fourth-order valence-electron chi connectivity index (χ4n) is 1.32. The Balaban J connectivity index is 2.27. The lowest BCUT2D eigenvalue weighted by Gasteiger charge is -2.45. The van der Waals surface area contributed by atoms with E-state index in [9.17, 15) is 0 Å². The minimum Gasteiger partial charge on any atom is -0.370 e. The van der Waals surface area contributed by atoms with E-state index in [1.54, 1.807) is 0 Å². The molecule has 1 aliphatic heterocycles. The van der Waals surface area contributed by atoms with Crippen LogP contribution in [0.15, 0.2) is 0 Å². The Kier molecular flexibility index (Phi) is 3.71. The van der Waals surface area contributed by atoms with Crippen molar-refractivity contribution >= 4 is 0 Å². The highest BCUT2D eigenvalue weighted by atomic mass is 16.8. The smallest absolute Gasteiger partial charge is 0.194 e. The molecule has 1 rings (SSSR count). The minimum absolute atomic E-state index is 0.106. The van der Waals surface area contributed by atoms with Gasteiger partial charge in [0.05, 0.1) is 6.61 Å². The zero-order chi connectivity index (χ0) is 9.90. The van der Waals surface area contributed by atoms with Crippen LogP contribution in [0.25, 0.3) is 0 Å². The van der Waals surface area contributed by atoms with Crippen molar-refractivity contribution in [3.8, 4) is 0 Å². The zero-order valence-corrected chi connectivity index (χ0v) is 9.00. The van der Waals surface area contributed by atoms with E-state index in [1.807, 2.05) is 13.8 Å². The number of hydrogen-bond donors (Lipinski definition) is 0. The maximum Gasteiger partial charge on any atom is 0.194 e. The molecule has 0 saturated carbocycles. The Labute approximate surface area is 80.4 Å². The topological polar surface area (TPSA) is 27.7 Å². The predicted octanol–water partition coefficient (Wildman–Crippen LogP) is 1.81. The molecule has 1 aliphatic rings. The van der Waals surface area contributed by atoms with Crippen molar-refractivity contribution in [2.75, 3.05) is 19.8 Å². The monoisotopic (exact) mass is 188 g/mol. The molecule has 0 spiro atoms. The van der Waals surface area contributed by atoms with Crippen LogP contribution in [0.5, 0.6) is 0 Å². The Bertz CT molecular complexity index is 158. The Hall–Kier alpha value is -0.120. The van der Waals surface area contributed by atoms with Gasteiger partial charge in [-0.3, -0.25) is 0 Å². The molecule has 0 radical (unpaired) electrons. The molecule has 0 aromatic rings. The molecule has 3 heteroatoms. The molecule has 0 amide bonds. The second-order valence-corrected chi connectivity index (χ2v) is 3.98. The van der Waals surface area contributed by atoms with Crippen molar-refractivity contribution < 1.29 is 14.2 Å². The third-order valence-electron chi connectivity index (χ3n) is 2.17. The molecular formula is C10H20O3. The maximum absolute atomic E-state index is 5.66. The highest BCUT2D eigenvalue weighted by Gasteiger charge is 2.46. The average molecular weight is 188 g/mol. The van der Waals surface area contributed by atoms with Crippen LogP contribution in [-0.2, 0) is 14.2 Å². The van der Waals surface area contributed by atoms with Gasteiger partial charge in [-0.2, -0.15) is 0 Å². The first kappa shape index (κ1) is 11.0. The zero-order valence-electron chi connectivity index (χ0n) is 9.00. The van der Waals surface area contributed by atoms with Crippen LogP contribution in [0.1, 0.15) is 27.7 Å². The third-order valence-corrected chi connectivity index (χ3v) is 2.17. The van der Waals surface area contributed by atoms with Crippen molar-refractivity contribution in [2.45, 2.75) is 39.6 Å². The summed E-state index contributed by atoms with van der Waals surface area (Å²) >= 11 is 0. The summed E-state index contributed by atoms with van der Waals surface area (Å²) in [6.45, 7) is 10.3. The predicted molar refractivity (Wildman–Crippen MR) is 50.6 cm³/mol. The molecule has 1 fully saturated rings. The largest absolute Gasteiger partial charge is 0.370 e. The van der Waals surface area contributed by atoms with E-state index in [0.717, 1.165) is 6.61 Å². The molecule has 0 N–H and O–H groups in total. The highest BCUT2D eigenvalue weighted by Crippen LogP contribution is 2.30. The van der Waals surface area contributed by atoms with Crippen LogP contribution in [0.2, 0.25) is 0 Å². The van der Waals surface area contributed by atoms with Gasteiger partial charge in [-0.1, -0.05) is 13.8 Å². The van der Waals surface area contributed by atoms with Crippen LogP contribution in [0.3, 0.4) is 0 Å². The molecule has 1 heterocycles. The van der Waals surface area contributed by atoms with Gasteiger partial charge in [0.2, 0.25) is 0 Å². The highest BCUT2D eigenvalue weighted by molar-refractivity contribution is 4.85. The molecule has 0 aliphatic carbocycles. The van der Waals surface area contributed by atoms with Crippen molar-refractivity contribution in [3.05, 3.63) is 0 Å². The summed E-state index contributed by atoms with van der Waals surface area (Å²) in [4.78, 5) is 0. The van der Waals surface area contributed by atoms with E-state index in [4.69, 9.17) is 14.2 Å². The second-order valence-electron chi connectivity index (χ2n) is 3.98. The van der Waals surface area contributed by atoms with E-state index in [0.29, 0.717) is 19.1 Å². The van der Waals surface area contributed by atoms with Gasteiger partial charge in [-0.05, 0) is 19.8 Å². The normalized spacial score (nSPS) is 33.5. The van der Waals surface area contributed by atoms with E-state index in [2.05, 4.69) is 13.8 Å². The lowest BCUT2D eigenvalue weighted by atomic mass is 10.1. The fourth-order valence-corrected chi connectivity index (χ4v) is 1.32. The molecule has 2 atom stereocenters. The summed E-state index contributed by atoms with van der Waals surface area (Å²) in [7, 11) is 0. The lowest BCUT2D eigenvalue weighted by Crippen LogP contribution is -2.59. The third kappa shape index (κ3) is 2.66. The maximum atomic E-state index is 5.66. The van der Waals surface area contributed by atoms with Gasteiger partial charge in [0.1, 0.15) is 6.10 Å². The quantitative estimate of drug-likeness (QED) is 0.658. The fraction of sp³-hybridized carbons (Fsp3) is 1.00. The van der Waals surface area contributed by atoms with Crippen LogP contribution < -0.4 is 0 Å². The second kappa shape index (κ2) is 4.40. The molecular weight excluding hydrogens is 168 g/mol. The molecule has 1 saturated heterocycles. The minimum atomic E-state index is -0.496. The SMILES string of the molecule is CCOC1(C)OCC1OCC(C)C. The van der Waals surface area contributed by atoms with Gasteiger partial charge < -0.3 is 14.2 Å². The van der Waals surface area contributed by atoms with Gasteiger partial charge in [0.15, 0.2) is 5.79 Å². The molecule has 78 valence electrons. The standard InChI is InChI=1S/C10H20O3/c1-5-12-10(4)9(7-13-10)11-6-8(2)3/h8-9H,5-7H2,1-4H3. The summed E-state index contributed by atoms with van der Waals surface area (Å²) in [6, 6.07) is 0. The van der Waals surface area contributed by atoms with Crippen LogP contribution in [0.4, 0.5) is 0 Å². The Morgan fingerprint density at radius 3 is 2.62 bits per heavy atom. The van der Waals surface area contributed by atoms with E-state index in [1.165, 1.54) is 0 Å². The first-order valence-electron chi connectivity index (χ1n) is 4.98. The molecule has 0 aromatic carbocycles. The summed E-state index contributed by atoms with van der Waals surface area (Å²) in [5.74, 6) is 0.0652. The summed E-state index contributed by atoms with van der Waals surface area (Å²) in [6.07, 6.45) is 0.106. The van der Waals surface area contributed by atoms with Crippen molar-refractivity contribution in [2.24, 2.45) is 5.92 Å². The van der Waals surface area contributed by atoms with Crippen LogP contribution in [0, 0.1) is 5.92 Å². The van der Waals surface area contributed by atoms with Crippen LogP contribution in [-0.4, -0.2) is 31.7 Å². The Morgan fingerprint density at radius 1 is 1.54 bits per heavy atom. The van der Waals surface area contributed by atoms with Gasteiger partial charge in [-0.15, -0.1) is 0 Å². The lowest BCUT2D eigenvalue weighted by molar-refractivity contribution is -0.363. The number of ether oxygens (including phenoxy) is 3. The number of hydrogen-bond acceptors (Lipinski definition) is 3. The van der Waals surface area contributed by atoms with Crippen molar-refractivity contribution in [3.63, 3.8) is 0 Å². The van der Waals surface area contributed by atoms with Crippen molar-refractivity contribution in [1.82, 2.24) is 0 Å². The molecule has 13 heavy (non-hydrogen) atoms. The number of rotatable bonds is 5. The van der Waals surface area contributed by atoms with E-state index >= 15 is 0 Å². The first-order chi connectivity index (χ1) is 6.08. The molecule has 0 aromatic heterocycles. The van der Waals surface area contributed by atoms with Gasteiger partial charge in [0, 0.05) is 13.2 Å². The Morgan fingerprint density at radius 2 is 2.23 bits per heavy atom. The average Bonchev–Trinajstić information content (AvgIpc) is 2.02. The van der Waals surface area contributed by atoms with E-state index in [-0.39, 0.29) is 6.10 Å². The van der Waals surface area contributed by atoms with E-state index < -0.39 is 5.79 Å². The van der Waals surface area contributed by atoms with Crippen LogP contribution >= 0.6 is 0 Å². The van der Waals surface area contributed by atoms with Gasteiger partial charge >= 0.3 is 0 Å². The summed E-state index contributed by atoms with van der Waals surface area (Å²) in [5, 5.41) is 0. The first-order valence-corrected chi connectivity index (χ1v) is 4.98. The summed E-state index contributed by atoms with van der Waals surface area (Å²) < 4.78 is 16.5.